The number of hydrogen-bond acceptors (Lipinski definition) is 5. The highest BCUT2D eigenvalue weighted by Gasteiger charge is 2.18. The molecule has 22 heavy (non-hydrogen) atoms. The van der Waals surface area contributed by atoms with Crippen LogP contribution in [0.1, 0.15) is 24.2 Å². The van der Waals surface area contributed by atoms with E-state index in [2.05, 4.69) is 10.0 Å². The predicted octanol–water partition coefficient (Wildman–Crippen LogP) is 0.829. The number of carbonyl (C=O) groups excluding carboxylic acids is 1. The molecule has 0 heterocycles. The van der Waals surface area contributed by atoms with Gasteiger partial charge in [0.25, 0.3) is 5.91 Å². The lowest BCUT2D eigenvalue weighted by molar-refractivity contribution is 0.0956. The summed E-state index contributed by atoms with van der Waals surface area (Å²) in [5.74, 6) is 1.50. The van der Waals surface area contributed by atoms with Gasteiger partial charge in [-0.25, -0.2) is 13.1 Å². The molecule has 0 unspecified atom stereocenters. The molecule has 0 aliphatic carbocycles. The van der Waals surface area contributed by atoms with Crippen LogP contribution in [0.25, 0.3) is 0 Å². The van der Waals surface area contributed by atoms with E-state index in [9.17, 15) is 13.2 Å². The van der Waals surface area contributed by atoms with E-state index in [1.807, 2.05) is 6.92 Å². The van der Waals surface area contributed by atoms with Gasteiger partial charge >= 0.3 is 0 Å². The Bertz CT molecular complexity index is 590. The van der Waals surface area contributed by atoms with Crippen LogP contribution in [0.5, 0.6) is 0 Å². The van der Waals surface area contributed by atoms with E-state index in [0.717, 1.165) is 11.5 Å². The molecule has 1 aromatic carbocycles. The molecule has 1 atom stereocenters. The minimum Gasteiger partial charge on any atom is -0.395 e. The van der Waals surface area contributed by atoms with E-state index < -0.39 is 16.1 Å². The van der Waals surface area contributed by atoms with E-state index in [1.165, 1.54) is 18.2 Å². The van der Waals surface area contributed by atoms with Crippen molar-refractivity contribution in [2.45, 2.75) is 24.8 Å². The van der Waals surface area contributed by atoms with Gasteiger partial charge in [-0.05, 0) is 30.9 Å². The van der Waals surface area contributed by atoms with Crippen LogP contribution >= 0.6 is 11.8 Å². The molecule has 0 aliphatic heterocycles. The van der Waals surface area contributed by atoms with Gasteiger partial charge in [0.1, 0.15) is 0 Å². The number of rotatable bonds is 9. The van der Waals surface area contributed by atoms with E-state index in [1.54, 1.807) is 24.8 Å². The van der Waals surface area contributed by atoms with E-state index in [4.69, 9.17) is 5.11 Å². The SMILES string of the molecule is CCSCCNC(=O)c1cccc(S(=O)(=O)N[C@@H](C)CO)c1. The lowest BCUT2D eigenvalue weighted by Crippen LogP contribution is -2.35. The van der Waals surface area contributed by atoms with Crippen LogP contribution < -0.4 is 10.0 Å². The number of carbonyl (C=O) groups is 1. The molecular formula is C14H22N2O4S2. The number of aliphatic hydroxyl groups is 1. The minimum atomic E-state index is -3.75. The summed E-state index contributed by atoms with van der Waals surface area (Å²) >= 11 is 1.72. The highest BCUT2D eigenvalue weighted by molar-refractivity contribution is 7.99. The first-order valence-electron chi connectivity index (χ1n) is 7.00. The van der Waals surface area contributed by atoms with Crippen molar-refractivity contribution >= 4 is 27.7 Å². The van der Waals surface area contributed by atoms with Gasteiger partial charge in [-0.1, -0.05) is 13.0 Å². The summed E-state index contributed by atoms with van der Waals surface area (Å²) < 4.78 is 26.6. The number of sulfonamides is 1. The maximum Gasteiger partial charge on any atom is 0.251 e. The second-order valence-corrected chi connectivity index (χ2v) is 7.79. The molecule has 1 aromatic rings. The van der Waals surface area contributed by atoms with Crippen LogP contribution in [-0.2, 0) is 10.0 Å². The quantitative estimate of drug-likeness (QED) is 0.576. The molecular weight excluding hydrogens is 324 g/mol. The number of amides is 1. The van der Waals surface area contributed by atoms with Crippen molar-refractivity contribution in [2.75, 3.05) is 24.7 Å². The fourth-order valence-electron chi connectivity index (χ4n) is 1.66. The lowest BCUT2D eigenvalue weighted by Gasteiger charge is -2.12. The lowest BCUT2D eigenvalue weighted by atomic mass is 10.2. The fraction of sp³-hybridized carbons (Fsp3) is 0.500. The second kappa shape index (κ2) is 9.14. The molecule has 6 nitrogen and oxygen atoms in total. The van der Waals surface area contributed by atoms with Crippen LogP contribution in [0.2, 0.25) is 0 Å². The topological polar surface area (TPSA) is 95.5 Å². The number of hydrogen-bond donors (Lipinski definition) is 3. The van der Waals surface area contributed by atoms with Crippen LogP contribution in [0, 0.1) is 0 Å². The van der Waals surface area contributed by atoms with Gasteiger partial charge in [0.2, 0.25) is 10.0 Å². The zero-order valence-electron chi connectivity index (χ0n) is 12.7. The molecule has 0 bridgehead atoms. The largest absolute Gasteiger partial charge is 0.395 e. The fourth-order valence-corrected chi connectivity index (χ4v) is 3.47. The summed E-state index contributed by atoms with van der Waals surface area (Å²) in [5.41, 5.74) is 0.293. The molecule has 124 valence electrons. The number of thioether (sulfide) groups is 1. The molecule has 0 radical (unpaired) electrons. The number of nitrogens with one attached hydrogen (secondary N) is 2. The van der Waals surface area contributed by atoms with Gasteiger partial charge in [-0.15, -0.1) is 0 Å². The Balaban J connectivity index is 2.79. The minimum absolute atomic E-state index is 0.00313. The molecule has 0 spiro atoms. The predicted molar refractivity (Wildman–Crippen MR) is 88.6 cm³/mol. The Hall–Kier alpha value is -1.09. The Morgan fingerprint density at radius 3 is 2.77 bits per heavy atom. The van der Waals surface area contributed by atoms with Gasteiger partial charge in [0.05, 0.1) is 11.5 Å². The molecule has 0 fully saturated rings. The summed E-state index contributed by atoms with van der Waals surface area (Å²) in [4.78, 5) is 12.0. The summed E-state index contributed by atoms with van der Waals surface area (Å²) in [6, 6.07) is 5.24. The third kappa shape index (κ3) is 5.96. The second-order valence-electron chi connectivity index (χ2n) is 4.69. The molecule has 1 rings (SSSR count). The first-order valence-corrected chi connectivity index (χ1v) is 9.63. The maximum absolute atomic E-state index is 12.1. The molecule has 3 N–H and O–H groups in total. The van der Waals surface area contributed by atoms with E-state index in [0.29, 0.717) is 12.1 Å². The number of aliphatic hydroxyl groups excluding tert-OH is 1. The summed E-state index contributed by atoms with van der Waals surface area (Å²) in [7, 11) is -3.75. The van der Waals surface area contributed by atoms with E-state index >= 15 is 0 Å². The molecule has 0 saturated heterocycles. The Morgan fingerprint density at radius 1 is 1.41 bits per heavy atom. The third-order valence-electron chi connectivity index (χ3n) is 2.77. The average molecular weight is 346 g/mol. The van der Waals surface area contributed by atoms with Crippen LogP contribution in [-0.4, -0.2) is 50.1 Å². The van der Waals surface area contributed by atoms with Gasteiger partial charge in [-0.2, -0.15) is 11.8 Å². The van der Waals surface area contributed by atoms with Gasteiger partial charge < -0.3 is 10.4 Å². The van der Waals surface area contributed by atoms with Crippen molar-refractivity contribution in [1.82, 2.24) is 10.0 Å². The van der Waals surface area contributed by atoms with Gasteiger partial charge in [-0.3, -0.25) is 4.79 Å². The zero-order valence-corrected chi connectivity index (χ0v) is 14.3. The summed E-state index contributed by atoms with van der Waals surface area (Å²) in [6.07, 6.45) is 0. The van der Waals surface area contributed by atoms with Crippen molar-refractivity contribution in [3.05, 3.63) is 29.8 Å². The molecule has 8 heteroatoms. The molecule has 0 aliphatic rings. The standard InChI is InChI=1S/C14H22N2O4S2/c1-3-21-8-7-15-14(18)12-5-4-6-13(9-12)22(19,20)16-11(2)10-17/h4-6,9,11,16-17H,3,7-8,10H2,1-2H3,(H,15,18)/t11-/m0/s1. The monoisotopic (exact) mass is 346 g/mol. The molecule has 1 amide bonds. The molecule has 0 saturated carbocycles. The van der Waals surface area contributed by atoms with Crippen molar-refractivity contribution in [3.8, 4) is 0 Å². The third-order valence-corrected chi connectivity index (χ3v) is 5.26. The Labute approximate surface area is 135 Å². The zero-order chi connectivity index (χ0) is 16.6. The van der Waals surface area contributed by atoms with Crippen LogP contribution in [0.4, 0.5) is 0 Å². The summed E-state index contributed by atoms with van der Waals surface area (Å²) in [6.45, 7) is 3.84. The van der Waals surface area contributed by atoms with Crippen molar-refractivity contribution in [2.24, 2.45) is 0 Å². The highest BCUT2D eigenvalue weighted by atomic mass is 32.2. The normalized spacial score (nSPS) is 12.9. The van der Waals surface area contributed by atoms with E-state index in [-0.39, 0.29) is 17.4 Å². The van der Waals surface area contributed by atoms with Crippen LogP contribution in [0.15, 0.2) is 29.2 Å². The summed E-state index contributed by atoms with van der Waals surface area (Å²) in [5, 5.41) is 11.7. The highest BCUT2D eigenvalue weighted by Crippen LogP contribution is 2.12. The smallest absolute Gasteiger partial charge is 0.251 e. The average Bonchev–Trinajstić information content (AvgIpc) is 2.51. The van der Waals surface area contributed by atoms with Crippen LogP contribution in [0.3, 0.4) is 0 Å². The van der Waals surface area contributed by atoms with Crippen molar-refractivity contribution in [1.29, 1.82) is 0 Å². The first kappa shape index (κ1) is 19.0. The first-order chi connectivity index (χ1) is 10.4. The number of benzene rings is 1. The van der Waals surface area contributed by atoms with Gasteiger partial charge in [0.15, 0.2) is 0 Å². The van der Waals surface area contributed by atoms with Crippen molar-refractivity contribution in [3.63, 3.8) is 0 Å². The van der Waals surface area contributed by atoms with Gasteiger partial charge in [0, 0.05) is 23.9 Å². The maximum atomic E-state index is 12.1. The van der Waals surface area contributed by atoms with Crippen molar-refractivity contribution < 1.29 is 18.3 Å². The Kier molecular flexibility index (Phi) is 7.88. The Morgan fingerprint density at radius 2 is 2.14 bits per heavy atom. The molecule has 0 aromatic heterocycles.